The molecule has 2 rings (SSSR count). The van der Waals surface area contributed by atoms with Gasteiger partial charge in [0.05, 0.1) is 10.5 Å². The number of benzene rings is 1. The maximum Gasteiger partial charge on any atom is 0.338 e. The van der Waals surface area contributed by atoms with Crippen LogP contribution in [0.4, 0.5) is 0 Å². The van der Waals surface area contributed by atoms with Crippen molar-refractivity contribution in [1.82, 2.24) is 0 Å². The lowest BCUT2D eigenvalue weighted by molar-refractivity contribution is 0.0317. The third kappa shape index (κ3) is 3.39. The van der Waals surface area contributed by atoms with E-state index < -0.39 is 16.0 Å². The van der Waals surface area contributed by atoms with Gasteiger partial charge in [0.25, 0.3) is 0 Å². The van der Waals surface area contributed by atoms with Gasteiger partial charge in [-0.2, -0.15) is 0 Å². The Morgan fingerprint density at radius 1 is 1.35 bits per heavy atom. The van der Waals surface area contributed by atoms with Gasteiger partial charge in [0.15, 0.2) is 0 Å². The number of ether oxygens (including phenoxy) is 1. The molecule has 110 valence electrons. The zero-order chi connectivity index (χ0) is 14.9. The van der Waals surface area contributed by atoms with Gasteiger partial charge in [-0.1, -0.05) is 0 Å². The molecule has 1 fully saturated rings. The number of primary sulfonamides is 1. The Kier molecular flexibility index (Phi) is 4.51. The van der Waals surface area contributed by atoms with Crippen LogP contribution in [0.5, 0.6) is 0 Å². The summed E-state index contributed by atoms with van der Waals surface area (Å²) in [5.74, 6) is -0.502. The average Bonchev–Trinajstić information content (AvgIpc) is 2.83. The summed E-state index contributed by atoms with van der Waals surface area (Å²) in [7, 11) is -3.89. The second-order valence-corrected chi connectivity index (χ2v) is 7.28. The van der Waals surface area contributed by atoms with E-state index in [0.29, 0.717) is 10.0 Å². The summed E-state index contributed by atoms with van der Waals surface area (Å²) in [5.41, 5.74) is 0.830. The lowest BCUT2D eigenvalue weighted by Crippen LogP contribution is -2.17. The van der Waals surface area contributed by atoms with E-state index in [1.165, 1.54) is 6.07 Å². The predicted octanol–water partition coefficient (Wildman–Crippen LogP) is 2.50. The van der Waals surface area contributed by atoms with E-state index in [1.54, 1.807) is 13.0 Å². The summed E-state index contributed by atoms with van der Waals surface area (Å²) in [5, 5.41) is 5.15. The molecule has 0 unspecified atom stereocenters. The van der Waals surface area contributed by atoms with Crippen molar-refractivity contribution in [3.63, 3.8) is 0 Å². The van der Waals surface area contributed by atoms with Crippen molar-refractivity contribution in [1.29, 1.82) is 0 Å². The maximum atomic E-state index is 12.1. The minimum absolute atomic E-state index is 0.0654. The fraction of sp³-hybridized carbons (Fsp3) is 0.462. The third-order valence-electron chi connectivity index (χ3n) is 3.34. The van der Waals surface area contributed by atoms with Crippen molar-refractivity contribution in [3.8, 4) is 0 Å². The number of aryl methyl sites for hydroxylation is 1. The van der Waals surface area contributed by atoms with Crippen molar-refractivity contribution in [3.05, 3.63) is 27.7 Å². The van der Waals surface area contributed by atoms with Crippen LogP contribution >= 0.6 is 15.9 Å². The Hall–Kier alpha value is -0.920. The number of carbonyl (C=O) groups is 1. The number of hydrogen-bond acceptors (Lipinski definition) is 4. The lowest BCUT2D eigenvalue weighted by atomic mass is 10.1. The second-order valence-electron chi connectivity index (χ2n) is 4.96. The van der Waals surface area contributed by atoms with E-state index in [1.807, 2.05) is 0 Å². The normalized spacial score (nSPS) is 16.4. The molecule has 20 heavy (non-hydrogen) atoms. The summed E-state index contributed by atoms with van der Waals surface area (Å²) in [6.45, 7) is 1.70. The molecule has 0 atom stereocenters. The van der Waals surface area contributed by atoms with Gasteiger partial charge in [-0.15, -0.1) is 0 Å². The van der Waals surface area contributed by atoms with Crippen LogP contribution in [0.1, 0.15) is 41.6 Å². The fourth-order valence-electron chi connectivity index (χ4n) is 2.29. The first-order valence-corrected chi connectivity index (χ1v) is 8.67. The standard InChI is InChI=1S/C13H16BrNO4S/c1-8-6-9(7-11(12(8)14)20(15,17)18)13(16)19-10-4-2-3-5-10/h6-7,10H,2-5H2,1H3,(H2,15,17,18). The van der Waals surface area contributed by atoms with Crippen LogP contribution in [0.15, 0.2) is 21.5 Å². The van der Waals surface area contributed by atoms with Crippen LogP contribution in [-0.4, -0.2) is 20.5 Å². The van der Waals surface area contributed by atoms with Crippen molar-refractivity contribution >= 4 is 31.9 Å². The molecule has 0 aromatic heterocycles. The number of hydrogen-bond donors (Lipinski definition) is 1. The zero-order valence-electron chi connectivity index (χ0n) is 11.1. The van der Waals surface area contributed by atoms with E-state index in [0.717, 1.165) is 25.7 Å². The minimum atomic E-state index is -3.89. The van der Waals surface area contributed by atoms with Gasteiger partial charge in [0.2, 0.25) is 10.0 Å². The molecular formula is C13H16BrNO4S. The first-order valence-electron chi connectivity index (χ1n) is 6.33. The van der Waals surface area contributed by atoms with Crippen LogP contribution in [-0.2, 0) is 14.8 Å². The Labute approximate surface area is 126 Å². The van der Waals surface area contributed by atoms with Gasteiger partial charge in [-0.05, 0) is 66.2 Å². The Balaban J connectivity index is 2.32. The van der Waals surface area contributed by atoms with Gasteiger partial charge in [0, 0.05) is 4.47 Å². The van der Waals surface area contributed by atoms with Crippen LogP contribution in [0.3, 0.4) is 0 Å². The Morgan fingerprint density at radius 3 is 2.50 bits per heavy atom. The van der Waals surface area contributed by atoms with Gasteiger partial charge in [-0.3, -0.25) is 0 Å². The first-order chi connectivity index (χ1) is 9.29. The number of halogens is 1. The van der Waals surface area contributed by atoms with Crippen LogP contribution < -0.4 is 5.14 Å². The molecular weight excluding hydrogens is 346 g/mol. The van der Waals surface area contributed by atoms with Crippen molar-refractivity contribution in [2.24, 2.45) is 5.14 Å². The molecule has 0 amide bonds. The number of carbonyl (C=O) groups excluding carboxylic acids is 1. The largest absolute Gasteiger partial charge is 0.459 e. The molecule has 0 aliphatic heterocycles. The van der Waals surface area contributed by atoms with E-state index in [9.17, 15) is 13.2 Å². The van der Waals surface area contributed by atoms with E-state index >= 15 is 0 Å². The smallest absolute Gasteiger partial charge is 0.338 e. The minimum Gasteiger partial charge on any atom is -0.459 e. The van der Waals surface area contributed by atoms with E-state index in [-0.39, 0.29) is 16.6 Å². The summed E-state index contributed by atoms with van der Waals surface area (Å²) in [6.07, 6.45) is 3.77. The highest BCUT2D eigenvalue weighted by Crippen LogP contribution is 2.28. The summed E-state index contributed by atoms with van der Waals surface area (Å²) in [6, 6.07) is 2.85. The zero-order valence-corrected chi connectivity index (χ0v) is 13.5. The lowest BCUT2D eigenvalue weighted by Gasteiger charge is -2.13. The molecule has 2 N–H and O–H groups in total. The molecule has 7 heteroatoms. The Morgan fingerprint density at radius 2 is 1.95 bits per heavy atom. The summed E-state index contributed by atoms with van der Waals surface area (Å²) < 4.78 is 28.8. The molecule has 0 radical (unpaired) electrons. The summed E-state index contributed by atoms with van der Waals surface area (Å²) >= 11 is 3.18. The van der Waals surface area contributed by atoms with Crippen molar-refractivity contribution in [2.75, 3.05) is 0 Å². The fourth-order valence-corrected chi connectivity index (χ4v) is 3.90. The molecule has 1 aliphatic rings. The summed E-state index contributed by atoms with van der Waals surface area (Å²) in [4.78, 5) is 12.0. The van der Waals surface area contributed by atoms with E-state index in [4.69, 9.17) is 9.88 Å². The van der Waals surface area contributed by atoms with Crippen molar-refractivity contribution < 1.29 is 17.9 Å². The van der Waals surface area contributed by atoms with Crippen LogP contribution in [0, 0.1) is 6.92 Å². The quantitative estimate of drug-likeness (QED) is 0.837. The van der Waals surface area contributed by atoms with Gasteiger partial charge in [0.1, 0.15) is 6.10 Å². The second kappa shape index (κ2) is 5.83. The third-order valence-corrected chi connectivity index (χ3v) is 5.59. The monoisotopic (exact) mass is 361 g/mol. The van der Waals surface area contributed by atoms with Gasteiger partial charge in [-0.25, -0.2) is 18.4 Å². The molecule has 0 saturated heterocycles. The predicted molar refractivity (Wildman–Crippen MR) is 77.9 cm³/mol. The number of nitrogens with two attached hydrogens (primary N) is 1. The number of esters is 1. The SMILES string of the molecule is Cc1cc(C(=O)OC2CCCC2)cc(S(N)(=O)=O)c1Br. The molecule has 5 nitrogen and oxygen atoms in total. The molecule has 0 heterocycles. The molecule has 1 aromatic rings. The molecule has 1 aliphatic carbocycles. The molecule has 1 saturated carbocycles. The first kappa shape index (κ1) is 15.5. The molecule has 0 spiro atoms. The maximum absolute atomic E-state index is 12.1. The molecule has 1 aromatic carbocycles. The topological polar surface area (TPSA) is 86.5 Å². The highest BCUT2D eigenvalue weighted by molar-refractivity contribution is 9.10. The highest BCUT2D eigenvalue weighted by atomic mass is 79.9. The average molecular weight is 362 g/mol. The van der Waals surface area contributed by atoms with Crippen molar-refractivity contribution in [2.45, 2.75) is 43.6 Å². The highest BCUT2D eigenvalue weighted by Gasteiger charge is 2.23. The van der Waals surface area contributed by atoms with Gasteiger partial charge >= 0.3 is 5.97 Å². The van der Waals surface area contributed by atoms with Crippen LogP contribution in [0.25, 0.3) is 0 Å². The van der Waals surface area contributed by atoms with E-state index in [2.05, 4.69) is 15.9 Å². The molecule has 0 bridgehead atoms. The van der Waals surface area contributed by atoms with Gasteiger partial charge < -0.3 is 4.74 Å². The number of rotatable bonds is 3. The van der Waals surface area contributed by atoms with Crippen LogP contribution in [0.2, 0.25) is 0 Å². The Bertz CT molecular complexity index is 636. The number of sulfonamides is 1.